The minimum Gasteiger partial charge on any atom is -0.396 e. The van der Waals surface area contributed by atoms with Crippen LogP contribution in [0, 0.1) is 13.8 Å². The second-order valence-corrected chi connectivity index (χ2v) is 4.34. The average molecular weight is 218 g/mol. The van der Waals surface area contributed by atoms with Gasteiger partial charge in [-0.05, 0) is 43.5 Å². The lowest BCUT2D eigenvalue weighted by atomic mass is 10.1. The van der Waals surface area contributed by atoms with E-state index in [0.29, 0.717) is 0 Å². The van der Waals surface area contributed by atoms with Crippen LogP contribution in [0.25, 0.3) is 11.0 Å². The summed E-state index contributed by atoms with van der Waals surface area (Å²) in [6.07, 6.45) is 1.61. The van der Waals surface area contributed by atoms with Crippen LogP contribution < -0.4 is 0 Å². The van der Waals surface area contributed by atoms with Gasteiger partial charge in [-0.3, -0.25) is 0 Å². The summed E-state index contributed by atoms with van der Waals surface area (Å²) in [6.45, 7) is 4.45. The Morgan fingerprint density at radius 1 is 1.25 bits per heavy atom. The standard InChI is InChI=1S/C13H18N2O/c1-9-7-11-12(8-10(9)2)15(3)13(14-11)5-4-6-16/h7-8,16H,4-6H2,1-3H3. The van der Waals surface area contributed by atoms with Gasteiger partial charge >= 0.3 is 0 Å². The molecule has 0 spiro atoms. The maximum absolute atomic E-state index is 8.84. The van der Waals surface area contributed by atoms with Gasteiger partial charge in [0.25, 0.3) is 0 Å². The van der Waals surface area contributed by atoms with Crippen LogP contribution >= 0.6 is 0 Å². The van der Waals surface area contributed by atoms with Gasteiger partial charge in [-0.1, -0.05) is 0 Å². The molecule has 0 aliphatic heterocycles. The highest BCUT2D eigenvalue weighted by Gasteiger charge is 2.08. The van der Waals surface area contributed by atoms with E-state index in [1.165, 1.54) is 16.6 Å². The van der Waals surface area contributed by atoms with Crippen molar-refractivity contribution in [3.8, 4) is 0 Å². The molecular formula is C13H18N2O. The fourth-order valence-electron chi connectivity index (χ4n) is 1.96. The minimum absolute atomic E-state index is 0.223. The lowest BCUT2D eigenvalue weighted by Crippen LogP contribution is -1.99. The average Bonchev–Trinajstić information content (AvgIpc) is 2.54. The van der Waals surface area contributed by atoms with Gasteiger partial charge in [-0.25, -0.2) is 4.98 Å². The number of fused-ring (bicyclic) bond motifs is 1. The van der Waals surface area contributed by atoms with Crippen molar-refractivity contribution in [3.63, 3.8) is 0 Å². The number of hydrogen-bond donors (Lipinski definition) is 1. The topological polar surface area (TPSA) is 38.1 Å². The first-order valence-electron chi connectivity index (χ1n) is 5.67. The lowest BCUT2D eigenvalue weighted by molar-refractivity contribution is 0.287. The summed E-state index contributed by atoms with van der Waals surface area (Å²) in [5, 5.41) is 8.84. The van der Waals surface area contributed by atoms with Crippen molar-refractivity contribution in [3.05, 3.63) is 29.1 Å². The molecule has 0 fully saturated rings. The Morgan fingerprint density at radius 2 is 1.94 bits per heavy atom. The maximum Gasteiger partial charge on any atom is 0.109 e. The molecule has 1 aromatic heterocycles. The number of aromatic nitrogens is 2. The Labute approximate surface area is 95.7 Å². The van der Waals surface area contributed by atoms with Crippen molar-refractivity contribution in [2.24, 2.45) is 7.05 Å². The van der Waals surface area contributed by atoms with Crippen LogP contribution in [0.2, 0.25) is 0 Å². The molecule has 0 saturated carbocycles. The first-order valence-corrected chi connectivity index (χ1v) is 5.67. The summed E-state index contributed by atoms with van der Waals surface area (Å²) in [5.74, 6) is 1.05. The highest BCUT2D eigenvalue weighted by Crippen LogP contribution is 2.20. The predicted molar refractivity (Wildman–Crippen MR) is 65.6 cm³/mol. The summed E-state index contributed by atoms with van der Waals surface area (Å²) in [7, 11) is 2.04. The van der Waals surface area contributed by atoms with Gasteiger partial charge in [-0.2, -0.15) is 0 Å². The molecule has 0 aliphatic rings. The third kappa shape index (κ3) is 1.83. The quantitative estimate of drug-likeness (QED) is 0.857. The van der Waals surface area contributed by atoms with Crippen LogP contribution in [0.1, 0.15) is 23.4 Å². The fourth-order valence-corrected chi connectivity index (χ4v) is 1.96. The van der Waals surface area contributed by atoms with Crippen LogP contribution in [0.4, 0.5) is 0 Å². The molecule has 2 aromatic rings. The highest BCUT2D eigenvalue weighted by atomic mass is 16.2. The second-order valence-electron chi connectivity index (χ2n) is 4.34. The molecule has 16 heavy (non-hydrogen) atoms. The monoisotopic (exact) mass is 218 g/mol. The second kappa shape index (κ2) is 4.26. The van der Waals surface area contributed by atoms with Crippen LogP contribution in [0.5, 0.6) is 0 Å². The van der Waals surface area contributed by atoms with Gasteiger partial charge in [0.1, 0.15) is 5.82 Å². The SMILES string of the molecule is Cc1cc2nc(CCCO)n(C)c2cc1C. The van der Waals surface area contributed by atoms with E-state index in [4.69, 9.17) is 5.11 Å². The molecular weight excluding hydrogens is 200 g/mol. The molecule has 3 heteroatoms. The third-order valence-electron chi connectivity index (χ3n) is 3.15. The number of aryl methyl sites for hydroxylation is 4. The highest BCUT2D eigenvalue weighted by molar-refractivity contribution is 5.78. The van der Waals surface area contributed by atoms with Crippen LogP contribution in [0.3, 0.4) is 0 Å². The first kappa shape index (κ1) is 11.1. The Bertz CT molecular complexity index is 514. The van der Waals surface area contributed by atoms with Crippen molar-refractivity contribution in [1.29, 1.82) is 0 Å². The van der Waals surface area contributed by atoms with E-state index in [-0.39, 0.29) is 6.61 Å². The summed E-state index contributed by atoms with van der Waals surface area (Å²) < 4.78 is 2.12. The number of hydrogen-bond acceptors (Lipinski definition) is 2. The summed E-state index contributed by atoms with van der Waals surface area (Å²) in [5.41, 5.74) is 4.80. The molecule has 0 unspecified atom stereocenters. The van der Waals surface area contributed by atoms with E-state index in [2.05, 4.69) is 35.5 Å². The minimum atomic E-state index is 0.223. The zero-order chi connectivity index (χ0) is 11.7. The molecule has 0 saturated heterocycles. The van der Waals surface area contributed by atoms with Crippen LogP contribution in [0.15, 0.2) is 12.1 Å². The number of benzene rings is 1. The third-order valence-corrected chi connectivity index (χ3v) is 3.15. The van der Waals surface area contributed by atoms with E-state index in [9.17, 15) is 0 Å². The van der Waals surface area contributed by atoms with Crippen LogP contribution in [-0.2, 0) is 13.5 Å². The normalized spacial score (nSPS) is 11.2. The molecule has 1 N–H and O–H groups in total. The molecule has 86 valence electrons. The fraction of sp³-hybridized carbons (Fsp3) is 0.462. The van der Waals surface area contributed by atoms with Crippen molar-refractivity contribution in [1.82, 2.24) is 9.55 Å². The molecule has 1 aromatic carbocycles. The Kier molecular flexibility index (Phi) is 2.97. The summed E-state index contributed by atoms with van der Waals surface area (Å²) >= 11 is 0. The Morgan fingerprint density at radius 3 is 2.62 bits per heavy atom. The Hall–Kier alpha value is -1.35. The number of nitrogens with zero attached hydrogens (tertiary/aromatic N) is 2. The predicted octanol–water partition coefficient (Wildman–Crippen LogP) is 2.12. The van der Waals surface area contributed by atoms with Crippen LogP contribution in [-0.4, -0.2) is 21.3 Å². The molecule has 0 amide bonds. The number of aliphatic hydroxyl groups excluding tert-OH is 1. The first-order chi connectivity index (χ1) is 7.63. The molecule has 0 bridgehead atoms. The molecule has 3 nitrogen and oxygen atoms in total. The van der Waals surface area contributed by atoms with E-state index in [1.54, 1.807) is 0 Å². The molecule has 0 atom stereocenters. The van der Waals surface area contributed by atoms with Crippen molar-refractivity contribution >= 4 is 11.0 Å². The molecule has 0 radical (unpaired) electrons. The van der Waals surface area contributed by atoms with Gasteiger partial charge in [0.15, 0.2) is 0 Å². The lowest BCUT2D eigenvalue weighted by Gasteiger charge is -2.02. The smallest absolute Gasteiger partial charge is 0.109 e. The van der Waals surface area contributed by atoms with Gasteiger partial charge in [0, 0.05) is 20.1 Å². The van der Waals surface area contributed by atoms with Gasteiger partial charge in [0.05, 0.1) is 11.0 Å². The zero-order valence-electron chi connectivity index (χ0n) is 10.1. The largest absolute Gasteiger partial charge is 0.396 e. The van der Waals surface area contributed by atoms with Gasteiger partial charge in [-0.15, -0.1) is 0 Å². The molecule has 2 rings (SSSR count). The number of imidazole rings is 1. The molecule has 1 heterocycles. The summed E-state index contributed by atoms with van der Waals surface area (Å²) in [4.78, 5) is 4.60. The summed E-state index contributed by atoms with van der Waals surface area (Å²) in [6, 6.07) is 4.31. The maximum atomic E-state index is 8.84. The van der Waals surface area contributed by atoms with Crippen molar-refractivity contribution in [2.45, 2.75) is 26.7 Å². The number of aliphatic hydroxyl groups is 1. The molecule has 0 aliphatic carbocycles. The van der Waals surface area contributed by atoms with Gasteiger partial charge in [0.2, 0.25) is 0 Å². The van der Waals surface area contributed by atoms with Crippen molar-refractivity contribution in [2.75, 3.05) is 6.61 Å². The van der Waals surface area contributed by atoms with E-state index in [1.807, 2.05) is 7.05 Å². The van der Waals surface area contributed by atoms with E-state index in [0.717, 1.165) is 24.2 Å². The zero-order valence-corrected chi connectivity index (χ0v) is 10.1. The Balaban J connectivity index is 2.50. The van der Waals surface area contributed by atoms with E-state index < -0.39 is 0 Å². The van der Waals surface area contributed by atoms with Crippen molar-refractivity contribution < 1.29 is 5.11 Å². The number of rotatable bonds is 3. The van der Waals surface area contributed by atoms with Gasteiger partial charge < -0.3 is 9.67 Å². The van der Waals surface area contributed by atoms with E-state index >= 15 is 0 Å².